The minimum atomic E-state index is -1.04. The molecule has 1 aromatic heterocycles. The number of benzene rings is 4. The van der Waals surface area contributed by atoms with Gasteiger partial charge in [0, 0.05) is 16.6 Å². The van der Waals surface area contributed by atoms with E-state index < -0.39 is 5.97 Å². The maximum absolute atomic E-state index is 13.5. The van der Waals surface area contributed by atoms with E-state index in [0.29, 0.717) is 44.3 Å². The summed E-state index contributed by atoms with van der Waals surface area (Å²) < 4.78 is 5.18. The molecular formula is C35H26N4O6S. The van der Waals surface area contributed by atoms with E-state index in [1.807, 2.05) is 18.2 Å². The summed E-state index contributed by atoms with van der Waals surface area (Å²) in [5.74, 6) is -1.48. The number of ether oxygens (including phenoxy) is 1. The SMILES string of the molecule is COc1cc(/C=C2/N=C(SCC(=O)Nc3ccc(-c4cc(C(=O)O)c5ccccc5n4)cc3)N(c3ccccc3)C2=O)ccc1O. The number of nitrogens with zero attached hydrogens (tertiary/aromatic N) is 3. The molecule has 0 atom stereocenters. The number of methoxy groups -OCH3 is 1. The van der Waals surface area contributed by atoms with Gasteiger partial charge in [0.2, 0.25) is 5.91 Å². The van der Waals surface area contributed by atoms with Crippen LogP contribution < -0.4 is 15.0 Å². The maximum atomic E-state index is 13.5. The van der Waals surface area contributed by atoms with Gasteiger partial charge in [-0.1, -0.05) is 66.4 Å². The van der Waals surface area contributed by atoms with Crippen LogP contribution in [0.15, 0.2) is 114 Å². The number of carboxylic acid groups (broad SMARTS) is 1. The molecule has 10 nitrogen and oxygen atoms in total. The van der Waals surface area contributed by atoms with Crippen LogP contribution in [0.4, 0.5) is 11.4 Å². The zero-order valence-corrected chi connectivity index (χ0v) is 25.2. The molecule has 1 aliphatic heterocycles. The number of aromatic hydroxyl groups is 1. The number of fused-ring (bicyclic) bond motifs is 1. The molecule has 2 amide bonds. The number of carbonyl (C=O) groups excluding carboxylic acids is 2. The largest absolute Gasteiger partial charge is 0.504 e. The lowest BCUT2D eigenvalue weighted by Gasteiger charge is -2.17. The van der Waals surface area contributed by atoms with Crippen LogP contribution in [0.1, 0.15) is 15.9 Å². The van der Waals surface area contributed by atoms with Crippen molar-refractivity contribution in [2.24, 2.45) is 4.99 Å². The van der Waals surface area contributed by atoms with E-state index in [1.165, 1.54) is 24.1 Å². The van der Waals surface area contributed by atoms with Gasteiger partial charge in [0.05, 0.1) is 35.3 Å². The Balaban J connectivity index is 1.18. The van der Waals surface area contributed by atoms with Crippen LogP contribution in [0, 0.1) is 0 Å². The minimum absolute atomic E-state index is 0.0219. The van der Waals surface area contributed by atoms with Gasteiger partial charge in [-0.3, -0.25) is 14.5 Å². The lowest BCUT2D eigenvalue weighted by Crippen LogP contribution is -2.31. The van der Waals surface area contributed by atoms with Crippen LogP contribution in [-0.2, 0) is 9.59 Å². The fourth-order valence-corrected chi connectivity index (χ4v) is 5.70. The number of hydrogen-bond donors (Lipinski definition) is 3. The van der Waals surface area contributed by atoms with E-state index in [4.69, 9.17) is 4.74 Å². The third-order valence-corrected chi connectivity index (χ3v) is 8.03. The second kappa shape index (κ2) is 13.0. The van der Waals surface area contributed by atoms with Crippen molar-refractivity contribution in [1.29, 1.82) is 0 Å². The van der Waals surface area contributed by atoms with Crippen LogP contribution in [-0.4, -0.2) is 51.0 Å². The Morgan fingerprint density at radius 3 is 2.43 bits per heavy atom. The molecule has 0 saturated carbocycles. The van der Waals surface area contributed by atoms with E-state index in [-0.39, 0.29) is 40.3 Å². The summed E-state index contributed by atoms with van der Waals surface area (Å²) >= 11 is 1.12. The Morgan fingerprint density at radius 2 is 1.70 bits per heavy atom. The van der Waals surface area contributed by atoms with E-state index >= 15 is 0 Å². The van der Waals surface area contributed by atoms with Crippen molar-refractivity contribution in [2.75, 3.05) is 23.1 Å². The van der Waals surface area contributed by atoms with E-state index in [1.54, 1.807) is 78.9 Å². The number of aliphatic imine (C=N–C) groups is 1. The van der Waals surface area contributed by atoms with Crippen LogP contribution in [0.25, 0.3) is 28.2 Å². The number of aromatic nitrogens is 1. The number of nitrogens with one attached hydrogen (secondary N) is 1. The first-order chi connectivity index (χ1) is 22.3. The van der Waals surface area contributed by atoms with Crippen molar-refractivity contribution in [3.05, 3.63) is 120 Å². The van der Waals surface area contributed by atoms with Crippen molar-refractivity contribution >= 4 is 63.1 Å². The molecule has 0 saturated heterocycles. The van der Waals surface area contributed by atoms with Crippen molar-refractivity contribution in [1.82, 2.24) is 4.98 Å². The molecule has 1 aliphatic rings. The molecule has 0 fully saturated rings. The van der Waals surface area contributed by atoms with Gasteiger partial charge in [-0.2, -0.15) is 0 Å². The second-order valence-electron chi connectivity index (χ2n) is 10.1. The van der Waals surface area contributed by atoms with E-state index in [2.05, 4.69) is 15.3 Å². The van der Waals surface area contributed by atoms with Crippen molar-refractivity contribution < 1.29 is 29.3 Å². The standard InChI is InChI=1S/C35H26N4O6S/c1-45-31-18-21(11-16-30(31)40)17-29-33(42)39(24-7-3-2-4-8-24)35(38-29)46-20-32(41)36-23-14-12-22(13-15-23)28-19-26(34(43)44)25-9-5-6-10-27(25)37-28/h2-19,40H,20H2,1H3,(H,36,41)(H,43,44)/b29-17+. The first kappa shape index (κ1) is 30.1. The van der Waals surface area contributed by atoms with Crippen LogP contribution in [0.5, 0.6) is 11.5 Å². The number of phenols is 1. The molecule has 11 heteroatoms. The highest BCUT2D eigenvalue weighted by Crippen LogP contribution is 2.32. The number of rotatable bonds is 8. The van der Waals surface area contributed by atoms with Gasteiger partial charge in [-0.05, 0) is 60.2 Å². The average molecular weight is 631 g/mol. The van der Waals surface area contributed by atoms with Crippen LogP contribution in [0.2, 0.25) is 0 Å². The molecule has 46 heavy (non-hydrogen) atoms. The molecule has 3 N–H and O–H groups in total. The number of amidine groups is 1. The minimum Gasteiger partial charge on any atom is -0.504 e. The average Bonchev–Trinajstić information content (AvgIpc) is 3.38. The van der Waals surface area contributed by atoms with Gasteiger partial charge in [0.15, 0.2) is 16.7 Å². The number of carbonyl (C=O) groups is 3. The summed E-state index contributed by atoms with van der Waals surface area (Å²) in [5, 5.41) is 23.4. The third-order valence-electron chi connectivity index (χ3n) is 7.09. The van der Waals surface area contributed by atoms with Gasteiger partial charge in [0.25, 0.3) is 5.91 Å². The number of amides is 2. The Morgan fingerprint density at radius 1 is 0.957 bits per heavy atom. The lowest BCUT2D eigenvalue weighted by molar-refractivity contribution is -0.114. The van der Waals surface area contributed by atoms with Crippen molar-refractivity contribution in [3.8, 4) is 22.8 Å². The number of hydrogen-bond acceptors (Lipinski definition) is 8. The molecule has 228 valence electrons. The molecule has 0 aliphatic carbocycles. The molecule has 2 heterocycles. The highest BCUT2D eigenvalue weighted by Gasteiger charge is 2.32. The number of carboxylic acids is 1. The van der Waals surface area contributed by atoms with Gasteiger partial charge in [0.1, 0.15) is 5.70 Å². The number of aromatic carboxylic acids is 1. The fourth-order valence-electron chi connectivity index (χ4n) is 4.89. The molecule has 4 aromatic carbocycles. The Kier molecular flexibility index (Phi) is 8.48. The zero-order chi connectivity index (χ0) is 32.2. The van der Waals surface area contributed by atoms with E-state index in [9.17, 15) is 24.6 Å². The number of para-hydroxylation sites is 2. The highest BCUT2D eigenvalue weighted by molar-refractivity contribution is 8.14. The molecule has 0 unspecified atom stereocenters. The number of pyridine rings is 1. The Hall–Kier alpha value is -5.94. The molecule has 0 bridgehead atoms. The summed E-state index contributed by atoms with van der Waals surface area (Å²) in [7, 11) is 1.44. The predicted octanol–water partition coefficient (Wildman–Crippen LogP) is 6.43. The quantitative estimate of drug-likeness (QED) is 0.167. The zero-order valence-electron chi connectivity index (χ0n) is 24.4. The molecular weight excluding hydrogens is 604 g/mol. The first-order valence-electron chi connectivity index (χ1n) is 14.0. The topological polar surface area (TPSA) is 141 Å². The number of thioether (sulfide) groups is 1. The maximum Gasteiger partial charge on any atom is 0.336 e. The monoisotopic (exact) mass is 630 g/mol. The fraction of sp³-hybridized carbons (Fsp3) is 0.0571. The summed E-state index contributed by atoms with van der Waals surface area (Å²) in [6.07, 6.45) is 1.60. The highest BCUT2D eigenvalue weighted by atomic mass is 32.2. The number of phenolic OH excluding ortho intramolecular Hbond substituents is 1. The smallest absolute Gasteiger partial charge is 0.336 e. The summed E-state index contributed by atoms with van der Waals surface area (Å²) in [5.41, 5.74) is 3.87. The Labute approximate surface area is 267 Å². The van der Waals surface area contributed by atoms with Gasteiger partial charge >= 0.3 is 5.97 Å². The van der Waals surface area contributed by atoms with Crippen LogP contribution >= 0.6 is 11.8 Å². The normalized spacial score (nSPS) is 13.6. The molecule has 6 rings (SSSR count). The summed E-state index contributed by atoms with van der Waals surface area (Å²) in [4.78, 5) is 48.9. The first-order valence-corrected chi connectivity index (χ1v) is 15.0. The second-order valence-corrected chi connectivity index (χ2v) is 11.1. The lowest BCUT2D eigenvalue weighted by atomic mass is 10.0. The molecule has 0 spiro atoms. The molecule has 5 aromatic rings. The van der Waals surface area contributed by atoms with Gasteiger partial charge < -0.3 is 20.3 Å². The van der Waals surface area contributed by atoms with Crippen molar-refractivity contribution in [3.63, 3.8) is 0 Å². The van der Waals surface area contributed by atoms with E-state index in [0.717, 1.165) is 11.8 Å². The van der Waals surface area contributed by atoms with Gasteiger partial charge in [-0.15, -0.1) is 0 Å². The third kappa shape index (κ3) is 6.30. The summed E-state index contributed by atoms with van der Waals surface area (Å²) in [6, 6.07) is 29.3. The van der Waals surface area contributed by atoms with Gasteiger partial charge in [-0.25, -0.2) is 14.8 Å². The Bertz CT molecular complexity index is 2040. The summed E-state index contributed by atoms with van der Waals surface area (Å²) in [6.45, 7) is 0. The van der Waals surface area contributed by atoms with Crippen molar-refractivity contribution in [2.45, 2.75) is 0 Å². The number of anilines is 2. The van der Waals surface area contributed by atoms with Crippen LogP contribution in [0.3, 0.4) is 0 Å². The molecule has 0 radical (unpaired) electrons. The predicted molar refractivity (Wildman–Crippen MR) is 179 cm³/mol.